The van der Waals surface area contributed by atoms with Crippen LogP contribution in [0.1, 0.15) is 28.6 Å². The number of furan rings is 1. The highest BCUT2D eigenvalue weighted by atomic mass is 32.2. The second-order valence-corrected chi connectivity index (χ2v) is 7.90. The molecular weight excluding hydrogens is 344 g/mol. The van der Waals surface area contributed by atoms with E-state index in [1.807, 2.05) is 0 Å². The monoisotopic (exact) mass is 364 g/mol. The third-order valence-electron chi connectivity index (χ3n) is 3.38. The average Bonchev–Trinajstić information content (AvgIpc) is 3.04. The van der Waals surface area contributed by atoms with Gasteiger partial charge in [0.2, 0.25) is 5.91 Å². The van der Waals surface area contributed by atoms with Gasteiger partial charge in [0.05, 0.1) is 18.6 Å². The van der Waals surface area contributed by atoms with Crippen LogP contribution in [0.15, 0.2) is 47.1 Å². The predicted octanol–water partition coefficient (Wildman–Crippen LogP) is 1.26. The molecule has 1 heterocycles. The van der Waals surface area contributed by atoms with Crippen LogP contribution in [-0.2, 0) is 26.9 Å². The molecule has 0 saturated heterocycles. The number of carbonyl (C=O) groups is 2. The topological polar surface area (TPSA) is 105 Å². The van der Waals surface area contributed by atoms with Crippen LogP contribution in [0.5, 0.6) is 0 Å². The minimum absolute atomic E-state index is 0.146. The number of sulfone groups is 1. The van der Waals surface area contributed by atoms with Gasteiger partial charge in [0.1, 0.15) is 11.8 Å². The van der Waals surface area contributed by atoms with E-state index in [2.05, 4.69) is 10.6 Å². The van der Waals surface area contributed by atoms with Gasteiger partial charge in [-0.1, -0.05) is 12.1 Å². The van der Waals surface area contributed by atoms with Crippen molar-refractivity contribution in [2.75, 3.05) is 6.26 Å². The van der Waals surface area contributed by atoms with E-state index in [9.17, 15) is 18.0 Å². The summed E-state index contributed by atoms with van der Waals surface area (Å²) in [7, 11) is -3.19. The lowest BCUT2D eigenvalue weighted by atomic mass is 10.1. The van der Waals surface area contributed by atoms with Crippen molar-refractivity contribution in [2.45, 2.75) is 25.3 Å². The first-order valence-electron chi connectivity index (χ1n) is 7.62. The highest BCUT2D eigenvalue weighted by Crippen LogP contribution is 2.09. The Hall–Kier alpha value is -2.61. The molecule has 0 radical (unpaired) electrons. The number of nitrogens with one attached hydrogen (secondary N) is 2. The van der Waals surface area contributed by atoms with Gasteiger partial charge in [-0.3, -0.25) is 9.59 Å². The van der Waals surface area contributed by atoms with Crippen molar-refractivity contribution in [1.29, 1.82) is 0 Å². The van der Waals surface area contributed by atoms with Gasteiger partial charge in [0.15, 0.2) is 9.84 Å². The predicted molar refractivity (Wildman–Crippen MR) is 92.5 cm³/mol. The van der Waals surface area contributed by atoms with E-state index in [-0.39, 0.29) is 18.2 Å². The zero-order valence-electron chi connectivity index (χ0n) is 14.0. The van der Waals surface area contributed by atoms with Gasteiger partial charge in [0, 0.05) is 11.8 Å². The Morgan fingerprint density at radius 1 is 1.20 bits per heavy atom. The molecule has 0 aliphatic carbocycles. The van der Waals surface area contributed by atoms with Crippen molar-refractivity contribution >= 4 is 21.7 Å². The Balaban J connectivity index is 1.94. The molecule has 1 aromatic carbocycles. The fraction of sp³-hybridized carbons (Fsp3) is 0.294. The summed E-state index contributed by atoms with van der Waals surface area (Å²) in [5, 5.41) is 5.24. The third-order valence-corrected chi connectivity index (χ3v) is 4.23. The molecule has 8 heteroatoms. The van der Waals surface area contributed by atoms with E-state index >= 15 is 0 Å². The first-order valence-corrected chi connectivity index (χ1v) is 9.68. The second-order valence-electron chi connectivity index (χ2n) is 5.76. The maximum Gasteiger partial charge on any atom is 0.251 e. The normalized spacial score (nSPS) is 12.4. The smallest absolute Gasteiger partial charge is 0.251 e. The Morgan fingerprint density at radius 2 is 1.96 bits per heavy atom. The maximum absolute atomic E-state index is 12.3. The largest absolute Gasteiger partial charge is 0.467 e. The van der Waals surface area contributed by atoms with Crippen molar-refractivity contribution < 1.29 is 22.4 Å². The molecule has 1 aromatic heterocycles. The number of amides is 2. The van der Waals surface area contributed by atoms with Crippen LogP contribution in [0, 0.1) is 0 Å². The molecule has 1 atom stereocenters. The molecule has 0 spiro atoms. The molecule has 0 aliphatic heterocycles. The number of hydrogen-bond donors (Lipinski definition) is 2. The lowest BCUT2D eigenvalue weighted by Crippen LogP contribution is -2.44. The Bertz CT molecular complexity index is 844. The van der Waals surface area contributed by atoms with Crippen molar-refractivity contribution in [3.05, 3.63) is 59.5 Å². The summed E-state index contributed by atoms with van der Waals surface area (Å²) in [5.41, 5.74) is 0.817. The number of carbonyl (C=O) groups excluding carboxylic acids is 2. The van der Waals surface area contributed by atoms with E-state index < -0.39 is 21.8 Å². The molecule has 25 heavy (non-hydrogen) atoms. The van der Waals surface area contributed by atoms with Gasteiger partial charge >= 0.3 is 0 Å². The zero-order chi connectivity index (χ0) is 18.4. The first kappa shape index (κ1) is 18.7. The molecule has 0 bridgehead atoms. The molecule has 0 aliphatic rings. The second kappa shape index (κ2) is 7.98. The summed E-state index contributed by atoms with van der Waals surface area (Å²) in [6, 6.07) is 9.01. The van der Waals surface area contributed by atoms with Crippen molar-refractivity contribution in [1.82, 2.24) is 10.6 Å². The SMILES string of the molecule is CC(NC(=O)c1cccc(CS(C)(=O)=O)c1)C(=O)NCc1ccco1. The highest BCUT2D eigenvalue weighted by molar-refractivity contribution is 7.89. The number of rotatable bonds is 7. The van der Waals surface area contributed by atoms with Gasteiger partial charge < -0.3 is 15.1 Å². The minimum Gasteiger partial charge on any atom is -0.467 e. The summed E-state index contributed by atoms with van der Waals surface area (Å²) >= 11 is 0. The van der Waals surface area contributed by atoms with Crippen LogP contribution >= 0.6 is 0 Å². The minimum atomic E-state index is -3.19. The van der Waals surface area contributed by atoms with E-state index in [0.29, 0.717) is 16.9 Å². The first-order chi connectivity index (χ1) is 11.7. The summed E-state index contributed by atoms with van der Waals surface area (Å²) in [5.74, 6) is -0.332. The molecule has 0 saturated carbocycles. The van der Waals surface area contributed by atoms with Crippen LogP contribution in [0.4, 0.5) is 0 Å². The highest BCUT2D eigenvalue weighted by Gasteiger charge is 2.17. The van der Waals surface area contributed by atoms with Crippen molar-refractivity contribution in [2.24, 2.45) is 0 Å². The molecular formula is C17H20N2O5S. The summed E-state index contributed by atoms with van der Waals surface area (Å²) < 4.78 is 27.8. The third kappa shape index (κ3) is 6.07. The summed E-state index contributed by atoms with van der Waals surface area (Å²) in [6.07, 6.45) is 2.64. The molecule has 2 amide bonds. The lowest BCUT2D eigenvalue weighted by molar-refractivity contribution is -0.122. The lowest BCUT2D eigenvalue weighted by Gasteiger charge is -2.14. The van der Waals surface area contributed by atoms with Crippen LogP contribution in [-0.4, -0.2) is 32.5 Å². The van der Waals surface area contributed by atoms with Crippen LogP contribution < -0.4 is 10.6 Å². The molecule has 2 N–H and O–H groups in total. The van der Waals surface area contributed by atoms with Gasteiger partial charge in [-0.15, -0.1) is 0 Å². The molecule has 0 fully saturated rings. The van der Waals surface area contributed by atoms with Gasteiger partial charge in [-0.25, -0.2) is 8.42 Å². The molecule has 2 aromatic rings. The fourth-order valence-electron chi connectivity index (χ4n) is 2.19. The number of hydrogen-bond acceptors (Lipinski definition) is 5. The van der Waals surface area contributed by atoms with Gasteiger partial charge in [-0.05, 0) is 36.8 Å². The van der Waals surface area contributed by atoms with Crippen LogP contribution in [0.3, 0.4) is 0 Å². The van der Waals surface area contributed by atoms with E-state index in [0.717, 1.165) is 6.26 Å². The van der Waals surface area contributed by atoms with E-state index in [1.165, 1.54) is 12.3 Å². The zero-order valence-corrected chi connectivity index (χ0v) is 14.8. The quantitative estimate of drug-likeness (QED) is 0.769. The standard InChI is InChI=1S/C17H20N2O5S/c1-12(16(20)18-10-15-7-4-8-24-15)19-17(21)14-6-3-5-13(9-14)11-25(2,22)23/h3-9,12H,10-11H2,1-2H3,(H,18,20)(H,19,21). The van der Waals surface area contributed by atoms with Gasteiger partial charge in [0.25, 0.3) is 5.91 Å². The van der Waals surface area contributed by atoms with Crippen molar-refractivity contribution in [3.8, 4) is 0 Å². The maximum atomic E-state index is 12.3. The molecule has 7 nitrogen and oxygen atoms in total. The van der Waals surface area contributed by atoms with Crippen LogP contribution in [0.2, 0.25) is 0 Å². The van der Waals surface area contributed by atoms with Gasteiger partial charge in [-0.2, -0.15) is 0 Å². The average molecular weight is 364 g/mol. The summed E-state index contributed by atoms with van der Waals surface area (Å²) in [6.45, 7) is 1.80. The van der Waals surface area contributed by atoms with E-state index in [1.54, 1.807) is 37.3 Å². The molecule has 1 unspecified atom stereocenters. The fourth-order valence-corrected chi connectivity index (χ4v) is 2.98. The van der Waals surface area contributed by atoms with Crippen molar-refractivity contribution in [3.63, 3.8) is 0 Å². The molecule has 134 valence electrons. The Morgan fingerprint density at radius 3 is 2.60 bits per heavy atom. The molecule has 2 rings (SSSR count). The summed E-state index contributed by atoms with van der Waals surface area (Å²) in [4.78, 5) is 24.3. The Labute approximate surface area is 146 Å². The van der Waals surface area contributed by atoms with E-state index in [4.69, 9.17) is 4.42 Å². The van der Waals surface area contributed by atoms with Crippen LogP contribution in [0.25, 0.3) is 0 Å². The Kier molecular flexibility index (Phi) is 5.97. The number of benzene rings is 1.